The molecule has 2 nitrogen and oxygen atoms in total. The first-order chi connectivity index (χ1) is 3.80. The molecule has 0 aromatic rings. The van der Waals surface area contributed by atoms with Gasteiger partial charge in [0, 0.05) is 19.3 Å². The summed E-state index contributed by atoms with van der Waals surface area (Å²) in [5.41, 5.74) is 0. The van der Waals surface area contributed by atoms with Crippen LogP contribution in [0.4, 0.5) is 0 Å². The number of hydrogen-bond donors (Lipinski definition) is 1. The number of hydrogen-bond acceptors (Lipinski definition) is 2. The molecule has 1 aliphatic heterocycles. The Balaban J connectivity index is 0.000000640. The third-order valence-corrected chi connectivity index (χ3v) is 2.30. The van der Waals surface area contributed by atoms with Crippen LogP contribution in [0, 0.1) is 5.41 Å². The van der Waals surface area contributed by atoms with Crippen LogP contribution >= 0.6 is 28.7 Å². The molecule has 0 unspecified atom stereocenters. The zero-order valence-corrected chi connectivity index (χ0v) is 7.91. The van der Waals surface area contributed by atoms with E-state index in [1.165, 1.54) is 6.42 Å². The molecule has 54 valence electrons. The Morgan fingerprint density at radius 1 is 1.67 bits per heavy atom. The van der Waals surface area contributed by atoms with Crippen LogP contribution in [0.3, 0.4) is 0 Å². The fourth-order valence-electron chi connectivity index (χ4n) is 0.682. The molecule has 1 saturated heterocycles. The minimum Gasteiger partial charge on any atom is -0.355 e. The SMILES string of the molecule is Br.CN1CCCSC1=N. The number of nitrogens with one attached hydrogen (secondary N) is 1. The molecule has 0 saturated carbocycles. The standard InChI is InChI=1S/C5H10N2S.BrH/c1-7-3-2-4-8-5(7)6;/h6H,2-4H2,1H3;1H. The maximum Gasteiger partial charge on any atom is 0.156 e. The molecular formula is C5H11BrN2S. The predicted octanol–water partition coefficient (Wildman–Crippen LogP) is 1.57. The summed E-state index contributed by atoms with van der Waals surface area (Å²) in [6.45, 7) is 1.06. The molecule has 4 heteroatoms. The number of thioether (sulfide) groups is 1. The summed E-state index contributed by atoms with van der Waals surface area (Å²) in [7, 11) is 1.97. The minimum atomic E-state index is 0. The van der Waals surface area contributed by atoms with Crippen LogP contribution in [0.2, 0.25) is 0 Å². The summed E-state index contributed by atoms with van der Waals surface area (Å²) in [5, 5.41) is 8.00. The molecule has 0 spiro atoms. The number of amidine groups is 1. The van der Waals surface area contributed by atoms with Gasteiger partial charge in [-0.2, -0.15) is 0 Å². The second-order valence-corrected chi connectivity index (χ2v) is 3.01. The van der Waals surface area contributed by atoms with Crippen molar-refractivity contribution in [1.82, 2.24) is 4.90 Å². The third-order valence-electron chi connectivity index (χ3n) is 1.22. The molecule has 0 aliphatic carbocycles. The summed E-state index contributed by atoms with van der Waals surface area (Å²) in [6, 6.07) is 0. The third kappa shape index (κ3) is 2.58. The Morgan fingerprint density at radius 2 is 2.33 bits per heavy atom. The van der Waals surface area contributed by atoms with Gasteiger partial charge in [0.1, 0.15) is 0 Å². The van der Waals surface area contributed by atoms with Crippen LogP contribution in [0.1, 0.15) is 6.42 Å². The number of nitrogens with zero attached hydrogens (tertiary/aromatic N) is 1. The first-order valence-electron chi connectivity index (χ1n) is 2.73. The van der Waals surface area contributed by atoms with Crippen LogP contribution in [0.25, 0.3) is 0 Å². The minimum absolute atomic E-state index is 0. The van der Waals surface area contributed by atoms with Crippen molar-refractivity contribution >= 4 is 33.9 Å². The molecule has 1 N–H and O–H groups in total. The van der Waals surface area contributed by atoms with E-state index in [2.05, 4.69) is 0 Å². The van der Waals surface area contributed by atoms with Crippen molar-refractivity contribution in [2.75, 3.05) is 19.3 Å². The Kier molecular flexibility index (Phi) is 4.31. The van der Waals surface area contributed by atoms with Crippen molar-refractivity contribution in [3.05, 3.63) is 0 Å². The monoisotopic (exact) mass is 210 g/mol. The zero-order valence-electron chi connectivity index (χ0n) is 5.39. The lowest BCUT2D eigenvalue weighted by atomic mass is 10.4. The molecule has 0 bridgehead atoms. The average Bonchev–Trinajstić information content (AvgIpc) is 1.77. The molecule has 0 aromatic carbocycles. The van der Waals surface area contributed by atoms with Gasteiger partial charge < -0.3 is 4.90 Å². The Bertz CT molecular complexity index is 107. The van der Waals surface area contributed by atoms with Crippen LogP contribution in [0.15, 0.2) is 0 Å². The normalized spacial score (nSPS) is 19.2. The highest BCUT2D eigenvalue weighted by atomic mass is 79.9. The highest BCUT2D eigenvalue weighted by Crippen LogP contribution is 2.13. The van der Waals surface area contributed by atoms with E-state index in [0.717, 1.165) is 17.5 Å². The van der Waals surface area contributed by atoms with Gasteiger partial charge in [-0.3, -0.25) is 5.41 Å². The van der Waals surface area contributed by atoms with Gasteiger partial charge >= 0.3 is 0 Å². The highest BCUT2D eigenvalue weighted by molar-refractivity contribution is 8.93. The topological polar surface area (TPSA) is 27.1 Å². The first kappa shape index (κ1) is 9.30. The maximum atomic E-state index is 7.28. The van der Waals surface area contributed by atoms with Crippen LogP contribution in [0.5, 0.6) is 0 Å². The number of rotatable bonds is 0. The summed E-state index contributed by atoms with van der Waals surface area (Å²) in [5.74, 6) is 1.13. The van der Waals surface area contributed by atoms with E-state index in [9.17, 15) is 0 Å². The van der Waals surface area contributed by atoms with Crippen LogP contribution in [-0.2, 0) is 0 Å². The van der Waals surface area contributed by atoms with Gasteiger partial charge in [0.25, 0.3) is 0 Å². The molecule has 0 amide bonds. The lowest BCUT2D eigenvalue weighted by molar-refractivity contribution is 0.502. The second kappa shape index (κ2) is 4.17. The van der Waals surface area contributed by atoms with Gasteiger partial charge in [0.15, 0.2) is 5.17 Å². The van der Waals surface area contributed by atoms with E-state index >= 15 is 0 Å². The molecular weight excluding hydrogens is 200 g/mol. The summed E-state index contributed by atoms with van der Waals surface area (Å²) in [4.78, 5) is 1.98. The smallest absolute Gasteiger partial charge is 0.156 e. The van der Waals surface area contributed by atoms with Crippen molar-refractivity contribution < 1.29 is 0 Å². The zero-order chi connectivity index (χ0) is 5.98. The van der Waals surface area contributed by atoms with Gasteiger partial charge in [-0.25, -0.2) is 0 Å². The van der Waals surface area contributed by atoms with Gasteiger partial charge in [0.2, 0.25) is 0 Å². The van der Waals surface area contributed by atoms with Gasteiger partial charge in [0.05, 0.1) is 0 Å². The van der Waals surface area contributed by atoms with E-state index in [-0.39, 0.29) is 17.0 Å². The second-order valence-electron chi connectivity index (χ2n) is 1.93. The van der Waals surface area contributed by atoms with Crippen LogP contribution in [-0.4, -0.2) is 29.4 Å². The summed E-state index contributed by atoms with van der Waals surface area (Å²) < 4.78 is 0. The van der Waals surface area contributed by atoms with Crippen molar-refractivity contribution in [3.63, 3.8) is 0 Å². The maximum absolute atomic E-state index is 7.28. The summed E-state index contributed by atoms with van der Waals surface area (Å²) in [6.07, 6.45) is 1.23. The van der Waals surface area contributed by atoms with Gasteiger partial charge in [-0.1, -0.05) is 11.8 Å². The molecule has 0 aromatic heterocycles. The van der Waals surface area contributed by atoms with Crippen molar-refractivity contribution in [1.29, 1.82) is 5.41 Å². The molecule has 9 heavy (non-hydrogen) atoms. The molecule has 1 fully saturated rings. The first-order valence-corrected chi connectivity index (χ1v) is 3.72. The van der Waals surface area contributed by atoms with E-state index in [1.54, 1.807) is 11.8 Å². The predicted molar refractivity (Wildman–Crippen MR) is 47.8 cm³/mol. The van der Waals surface area contributed by atoms with Crippen LogP contribution < -0.4 is 0 Å². The van der Waals surface area contributed by atoms with E-state index < -0.39 is 0 Å². The summed E-state index contributed by atoms with van der Waals surface area (Å²) >= 11 is 1.64. The average molecular weight is 211 g/mol. The lowest BCUT2D eigenvalue weighted by Gasteiger charge is -2.23. The van der Waals surface area contributed by atoms with E-state index in [4.69, 9.17) is 5.41 Å². The Hall–Kier alpha value is 0.300. The molecule has 1 heterocycles. The molecule has 0 radical (unpaired) electrons. The van der Waals surface area contributed by atoms with Crippen molar-refractivity contribution in [3.8, 4) is 0 Å². The highest BCUT2D eigenvalue weighted by Gasteiger charge is 2.09. The molecule has 1 rings (SSSR count). The Morgan fingerprint density at radius 3 is 2.67 bits per heavy atom. The lowest BCUT2D eigenvalue weighted by Crippen LogP contribution is -2.28. The Labute approximate surface area is 70.3 Å². The van der Waals surface area contributed by atoms with Gasteiger partial charge in [-0.05, 0) is 6.42 Å². The van der Waals surface area contributed by atoms with Crippen molar-refractivity contribution in [2.45, 2.75) is 6.42 Å². The van der Waals surface area contributed by atoms with Gasteiger partial charge in [-0.15, -0.1) is 17.0 Å². The molecule has 1 aliphatic rings. The van der Waals surface area contributed by atoms with Crippen molar-refractivity contribution in [2.24, 2.45) is 0 Å². The number of halogens is 1. The largest absolute Gasteiger partial charge is 0.355 e. The fraction of sp³-hybridized carbons (Fsp3) is 0.800. The van der Waals surface area contributed by atoms with E-state index in [0.29, 0.717) is 0 Å². The quantitative estimate of drug-likeness (QED) is 0.658. The van der Waals surface area contributed by atoms with E-state index in [1.807, 2.05) is 11.9 Å². The fourth-order valence-corrected chi connectivity index (χ4v) is 1.46. The molecule has 0 atom stereocenters.